The van der Waals surface area contributed by atoms with Gasteiger partial charge >= 0.3 is 0 Å². The van der Waals surface area contributed by atoms with E-state index in [1.54, 1.807) is 56.4 Å². The van der Waals surface area contributed by atoms with Gasteiger partial charge in [0.25, 0.3) is 11.5 Å². The van der Waals surface area contributed by atoms with Crippen molar-refractivity contribution in [2.45, 2.75) is 237 Å². The molecular formula is C99H154Cl4N12O9S4V+4. The zero-order chi connectivity index (χ0) is 93.4. The number of nitrogens with zero attached hydrogens (tertiary/aromatic N) is 11. The molecule has 0 aliphatic carbocycles. The number of thioether (sulfide) groups is 4. The minimum Gasteiger partial charge on any atom is -0.492 e. The molecule has 0 saturated carbocycles. The Balaban J connectivity index is 0.0000188. The van der Waals surface area contributed by atoms with Crippen LogP contribution in [0.4, 0.5) is 11.6 Å². The first-order chi connectivity index (χ1) is 61.0. The molecule has 6 aromatic rings. The molecule has 1 radical (unpaired) electrons. The number of halogens is 4. The smallest absolute Gasteiger partial charge is 0.286 e. The largest absolute Gasteiger partial charge is 0.492 e. The Morgan fingerprint density at radius 1 is 0.403 bits per heavy atom. The van der Waals surface area contributed by atoms with Gasteiger partial charge < -0.3 is 71.2 Å². The molecule has 2 aromatic heterocycles. The molecule has 717 valence electrons. The molecule has 6 heterocycles. The first-order valence-electron chi connectivity index (χ1n) is 48.0. The summed E-state index contributed by atoms with van der Waals surface area (Å²) in [7, 11) is 6.94. The van der Waals surface area contributed by atoms with Crippen molar-refractivity contribution in [2.75, 3.05) is 176 Å². The molecule has 30 heteroatoms. The Kier molecular flexibility index (Phi) is 41.6. The molecule has 0 atom stereocenters. The quantitative estimate of drug-likeness (QED) is 0.0216. The van der Waals surface area contributed by atoms with Gasteiger partial charge in [-0.1, -0.05) is 167 Å². The maximum absolute atomic E-state index is 8.39. The summed E-state index contributed by atoms with van der Waals surface area (Å²) in [6, 6.07) is 0. The van der Waals surface area contributed by atoms with Crippen LogP contribution < -0.4 is 58.8 Å². The van der Waals surface area contributed by atoms with E-state index >= 15 is 0 Å². The average molecular weight is 1980 g/mol. The van der Waals surface area contributed by atoms with Crippen LogP contribution >= 0.6 is 93.5 Å². The number of hydrogen-bond donors (Lipinski definition) is 1. The number of hydrogen-bond acceptors (Lipinski definition) is 18. The summed E-state index contributed by atoms with van der Waals surface area (Å²) in [4.78, 5) is 40.6. The monoisotopic (exact) mass is 1970 g/mol. The Morgan fingerprint density at radius 2 is 0.760 bits per heavy atom. The molecule has 0 spiro atoms. The Morgan fingerprint density at radius 3 is 1.19 bits per heavy atom. The van der Waals surface area contributed by atoms with Crippen LogP contribution in [0.25, 0.3) is 43.8 Å². The maximum atomic E-state index is 8.39. The number of aliphatic imine (C=N–C) groups is 2. The van der Waals surface area contributed by atoms with E-state index in [4.69, 9.17) is 119 Å². The minimum absolute atomic E-state index is 0. The van der Waals surface area contributed by atoms with Crippen LogP contribution in [-0.4, -0.2) is 210 Å². The molecule has 0 amide bonds. The topological polar surface area (TPSA) is 176 Å². The van der Waals surface area contributed by atoms with E-state index < -0.39 is 0 Å². The van der Waals surface area contributed by atoms with Gasteiger partial charge in [0, 0.05) is 85.8 Å². The van der Waals surface area contributed by atoms with Gasteiger partial charge in [0.2, 0.25) is 5.82 Å². The number of quaternary nitrogens is 4. The van der Waals surface area contributed by atoms with Crippen molar-refractivity contribution in [1.29, 1.82) is 0 Å². The van der Waals surface area contributed by atoms with E-state index in [0.717, 1.165) is 127 Å². The van der Waals surface area contributed by atoms with Gasteiger partial charge in [-0.2, -0.15) is 9.62 Å². The van der Waals surface area contributed by atoms with Crippen molar-refractivity contribution < 1.29 is 84.2 Å². The van der Waals surface area contributed by atoms with Gasteiger partial charge in [-0.05, 0) is 152 Å². The van der Waals surface area contributed by atoms with Gasteiger partial charge in [0.1, 0.15) is 54.6 Å². The van der Waals surface area contributed by atoms with Crippen molar-refractivity contribution in [3.05, 3.63) is 47.8 Å². The molecule has 0 fully saturated rings. The molecule has 4 aliphatic heterocycles. The molecule has 4 aromatic carbocycles. The van der Waals surface area contributed by atoms with E-state index in [1.807, 2.05) is 0 Å². The predicted octanol–water partition coefficient (Wildman–Crippen LogP) is 23.0. The third-order valence-electron chi connectivity index (χ3n) is 25.6. The van der Waals surface area contributed by atoms with Crippen LogP contribution in [0.5, 0.6) is 40.2 Å². The van der Waals surface area contributed by atoms with Crippen LogP contribution in [0.3, 0.4) is 0 Å². The second kappa shape index (κ2) is 49.6. The summed E-state index contributed by atoms with van der Waals surface area (Å²) in [5, 5.41) is 4.76. The number of amidine groups is 2. The van der Waals surface area contributed by atoms with Crippen LogP contribution in [0.15, 0.2) is 44.2 Å². The summed E-state index contributed by atoms with van der Waals surface area (Å²) in [5.41, 5.74) is 2.51. The molecule has 129 heavy (non-hydrogen) atoms. The molecule has 4 aliphatic rings. The molecule has 1 N–H and O–H groups in total. The fourth-order valence-corrected chi connectivity index (χ4v) is 21.8. The standard InChI is InChI=1S/C99H153Cl4N12O9S4.V/c1-28-110(29-2)43-54-125-88-68(59-116-58-67(23)24)69-74(83(77(88)100)119-49-38-62(13)14)98-109-99-76-75(84(120-50-39-63(15)16)80(103)91(87(76)123-53-42-66(21)22)128-57-46-115(27,34-7)35-8)97-108-95-73-70(81(117-47-36-60(9)10)78(101)90(86(73)122-52-41-65(19)20)127-56-45-114(26,32-5)33-6)92(105-95)104-93-72-71(94(106-93)107-96(69)111(98)124-112(97)99)82(118-48-37-61(11)12)79(102)89(85(72)121-51-40-64(17)18)126-55-44-113(25,30-3)31-4;/h60-67H,28-59H2,1-27H3;/q+3;/p+1. The molecular weight excluding hydrogens is 1820 g/mol. The van der Waals surface area contributed by atoms with Crippen LogP contribution in [0.2, 0.25) is 20.1 Å². The van der Waals surface area contributed by atoms with E-state index in [-0.39, 0.29) is 101 Å². The fraction of sp³-hybridized carbons (Fsp3) is 0.677. The number of benzene rings is 4. The molecule has 0 saturated heterocycles. The minimum atomic E-state index is 0. The first-order valence-corrected chi connectivity index (χ1v) is 53.4. The third-order valence-corrected chi connectivity index (χ3v) is 31.8. The van der Waals surface area contributed by atoms with Crippen molar-refractivity contribution in [3.63, 3.8) is 0 Å². The second-order valence-electron chi connectivity index (χ2n) is 38.9. The van der Waals surface area contributed by atoms with Crippen LogP contribution in [0.1, 0.15) is 228 Å². The van der Waals surface area contributed by atoms with Gasteiger partial charge in [-0.25, -0.2) is 4.99 Å². The molecule has 10 rings (SSSR count). The van der Waals surface area contributed by atoms with E-state index in [2.05, 4.69) is 187 Å². The Hall–Kier alpha value is -4.42. The molecule has 0 unspecified atom stereocenters. The van der Waals surface area contributed by atoms with E-state index in [0.29, 0.717) is 232 Å². The predicted molar refractivity (Wildman–Crippen MR) is 539 cm³/mol. The third kappa shape index (κ3) is 26.1. The van der Waals surface area contributed by atoms with Gasteiger partial charge in [-0.3, -0.25) is 0 Å². The van der Waals surface area contributed by atoms with Crippen molar-refractivity contribution in [2.24, 2.45) is 67.3 Å². The van der Waals surface area contributed by atoms with Crippen LogP contribution in [-0.2, 0) is 29.9 Å². The number of ether oxygens (including phenoxy) is 8. The van der Waals surface area contributed by atoms with E-state index in [9.17, 15) is 0 Å². The number of nitrogens with one attached hydrogen (secondary N) is 1. The second-order valence-corrected chi connectivity index (χ2v) is 44.9. The van der Waals surface area contributed by atoms with Gasteiger partial charge in [0.05, 0.1) is 195 Å². The van der Waals surface area contributed by atoms with Gasteiger partial charge in [0.15, 0.2) is 23.2 Å². The Labute approximate surface area is 820 Å². The SMILES string of the molecule is CC[NH+](CC)CCSc1c(Cl)c(OCCC(C)C)c2c3nc4c5c(OCCC(C)C)c(SCC[N+](C)(CC)CC)c(Cl)c(OCCC(C)C)c5c5n4o[n+]-3c(c2c1COCC(C)C)N=c1[n-]c(c2c(OCCC(C)C)c(SCC[N+](C)(CC)CC)c(Cl)c(OCCC(C)C)c12)=NC1=NC(=N5)c2c(OCCC(C)C)c(SCC[N+](C)(CC)CC)c(Cl)c(OCCC(C)C)c21.[V]. The van der Waals surface area contributed by atoms with E-state index in [1.165, 1.54) is 4.90 Å². The zero-order valence-corrected chi connectivity index (χ0v) is 90.6. The average Bonchev–Trinajstić information content (AvgIpc) is 1.53. The summed E-state index contributed by atoms with van der Waals surface area (Å²) < 4.78 is 73.3. The summed E-state index contributed by atoms with van der Waals surface area (Å²) in [5.74, 6) is 9.17. The first kappa shape index (κ1) is 108. The number of fused-ring (bicyclic) bond motifs is 15. The maximum Gasteiger partial charge on any atom is 0.286 e. The normalized spacial score (nSPS) is 13.3. The van der Waals surface area contributed by atoms with Crippen LogP contribution in [0, 0.1) is 47.3 Å². The fourth-order valence-electron chi connectivity index (χ4n) is 15.2. The molecule has 6 bridgehead atoms. The number of aromatic nitrogens is 4. The van der Waals surface area contributed by atoms with Crippen molar-refractivity contribution in [1.82, 2.24) is 14.5 Å². The summed E-state index contributed by atoms with van der Waals surface area (Å²) in [6.45, 7) is 67.0. The van der Waals surface area contributed by atoms with Crippen molar-refractivity contribution >= 4 is 155 Å². The zero-order valence-electron chi connectivity index (χ0n) is 82.9. The Bertz CT molecular complexity index is 5230. The summed E-state index contributed by atoms with van der Waals surface area (Å²) in [6.07, 6.45) is 5.00. The summed E-state index contributed by atoms with van der Waals surface area (Å²) >= 11 is 40.1. The number of rotatable bonds is 56. The molecule has 21 nitrogen and oxygen atoms in total. The van der Waals surface area contributed by atoms with Crippen molar-refractivity contribution in [3.8, 4) is 46.1 Å². The van der Waals surface area contributed by atoms with Gasteiger partial charge in [-0.15, -0.1) is 47.0 Å².